The fraction of sp³-hybridized carbons (Fsp3) is 0.296. The highest BCUT2D eigenvalue weighted by molar-refractivity contribution is 7.91. The van der Waals surface area contributed by atoms with E-state index in [1.807, 2.05) is 24.3 Å². The van der Waals surface area contributed by atoms with E-state index in [1.54, 1.807) is 24.3 Å². The lowest BCUT2D eigenvalue weighted by molar-refractivity contribution is -0.171. The van der Waals surface area contributed by atoms with Crippen LogP contribution in [0.1, 0.15) is 29.2 Å². The summed E-state index contributed by atoms with van der Waals surface area (Å²) in [5, 5.41) is 1.13. The normalized spacial score (nSPS) is 12.1. The third-order valence-electron chi connectivity index (χ3n) is 5.57. The van der Waals surface area contributed by atoms with Crippen molar-refractivity contribution >= 4 is 38.8 Å². The third kappa shape index (κ3) is 9.62. The number of rotatable bonds is 13. The molecule has 3 rings (SSSR count). The quantitative estimate of drug-likeness (QED) is 0.223. The molecule has 0 saturated carbocycles. The minimum Gasteiger partial charge on any atom is -0.493 e. The van der Waals surface area contributed by atoms with Crippen LogP contribution in [-0.2, 0) is 25.8 Å². The smallest absolute Gasteiger partial charge is 0.449 e. The molecule has 0 N–H and O–H groups in total. The zero-order valence-corrected chi connectivity index (χ0v) is 22.4. The molecule has 0 heterocycles. The van der Waals surface area contributed by atoms with Crippen LogP contribution in [0.15, 0.2) is 72.8 Å². The average Bonchev–Trinajstić information content (AvgIpc) is 2.87. The average molecular weight is 589 g/mol. The van der Waals surface area contributed by atoms with Crippen molar-refractivity contribution in [1.29, 1.82) is 0 Å². The van der Waals surface area contributed by atoms with Crippen molar-refractivity contribution in [1.82, 2.24) is 0 Å². The number of Topliss-reactive ketones (excluding diaryl/α,β-unsaturated/α-hetero) is 1. The Hall–Kier alpha value is -2.59. The van der Waals surface area contributed by atoms with Gasteiger partial charge >= 0.3 is 6.18 Å². The van der Waals surface area contributed by atoms with Crippen molar-refractivity contribution in [3.8, 4) is 5.75 Å². The Morgan fingerprint density at radius 2 is 1.29 bits per heavy atom. The Kier molecular flexibility index (Phi) is 10.6. The molecule has 3 aromatic rings. The number of alkyl halides is 3. The number of ketones is 1. The molecule has 0 bridgehead atoms. The van der Waals surface area contributed by atoms with Gasteiger partial charge in [-0.1, -0.05) is 59.6 Å². The molecule has 5 nitrogen and oxygen atoms in total. The second kappa shape index (κ2) is 13.5. The number of carbonyl (C=O) groups is 1. The Morgan fingerprint density at radius 3 is 1.79 bits per heavy atom. The van der Waals surface area contributed by atoms with E-state index >= 15 is 0 Å². The largest absolute Gasteiger partial charge is 0.493 e. The molecular formula is C27H25Cl2F3O5S. The molecule has 0 amide bonds. The predicted molar refractivity (Wildman–Crippen MR) is 141 cm³/mol. The van der Waals surface area contributed by atoms with Crippen LogP contribution < -0.4 is 4.74 Å². The lowest BCUT2D eigenvalue weighted by Gasteiger charge is -2.19. The Bertz CT molecular complexity index is 1250. The van der Waals surface area contributed by atoms with E-state index in [2.05, 4.69) is 0 Å². The van der Waals surface area contributed by atoms with Gasteiger partial charge in [0.25, 0.3) is 0 Å². The molecule has 0 radical (unpaired) electrons. The van der Waals surface area contributed by atoms with E-state index in [4.69, 9.17) is 32.7 Å². The van der Waals surface area contributed by atoms with Gasteiger partial charge in [0, 0.05) is 16.5 Å². The second-order valence-electron chi connectivity index (χ2n) is 8.42. The third-order valence-corrected chi connectivity index (χ3v) is 7.65. The summed E-state index contributed by atoms with van der Waals surface area (Å²) in [4.78, 5) is 11.0. The molecule has 0 spiro atoms. The molecule has 0 atom stereocenters. The molecule has 3 aromatic carbocycles. The predicted octanol–water partition coefficient (Wildman–Crippen LogP) is 6.66. The van der Waals surface area contributed by atoms with Crippen LogP contribution in [0.25, 0.3) is 0 Å². The molecule has 0 unspecified atom stereocenters. The standard InChI is InChI=1S/C27H25Cl2F3O5S/c28-22-8-4-20(5-9-22)26(21-6-10-23(29)11-7-21)37-16-18-38(34,35)17-15-36-24-12-1-19(2-13-24)3-14-25(33)27(30,31)32/h1-2,4-13,26H,3,14-18H2. The van der Waals surface area contributed by atoms with E-state index in [-0.39, 0.29) is 31.1 Å². The van der Waals surface area contributed by atoms with E-state index in [0.29, 0.717) is 21.4 Å². The summed E-state index contributed by atoms with van der Waals surface area (Å²) in [6, 6.07) is 20.3. The number of aryl methyl sites for hydroxylation is 1. The van der Waals surface area contributed by atoms with E-state index in [1.165, 1.54) is 24.3 Å². The monoisotopic (exact) mass is 588 g/mol. The molecule has 0 aliphatic rings. The van der Waals surface area contributed by atoms with Gasteiger partial charge in [0.15, 0.2) is 9.84 Å². The van der Waals surface area contributed by atoms with Crippen molar-refractivity contribution in [2.24, 2.45) is 0 Å². The van der Waals surface area contributed by atoms with Crippen molar-refractivity contribution in [2.45, 2.75) is 25.1 Å². The fourth-order valence-electron chi connectivity index (χ4n) is 3.49. The molecule has 0 aliphatic carbocycles. The summed E-state index contributed by atoms with van der Waals surface area (Å²) in [6.07, 6.45) is -6.05. The first-order valence-electron chi connectivity index (χ1n) is 11.6. The highest BCUT2D eigenvalue weighted by atomic mass is 35.5. The topological polar surface area (TPSA) is 69.7 Å². The molecule has 11 heteroatoms. The van der Waals surface area contributed by atoms with Gasteiger partial charge in [0.05, 0.1) is 18.1 Å². The van der Waals surface area contributed by atoms with Gasteiger partial charge < -0.3 is 9.47 Å². The first-order valence-corrected chi connectivity index (χ1v) is 14.2. The summed E-state index contributed by atoms with van der Waals surface area (Å²) in [6.45, 7) is -0.157. The molecule has 0 saturated heterocycles. The Labute approximate surface area is 229 Å². The maximum atomic E-state index is 12.5. The number of sulfone groups is 1. The van der Waals surface area contributed by atoms with Gasteiger partial charge in [-0.3, -0.25) is 4.79 Å². The van der Waals surface area contributed by atoms with Crippen molar-refractivity contribution in [3.05, 3.63) is 99.5 Å². The minimum atomic E-state index is -4.84. The SMILES string of the molecule is O=C(CCc1ccc(OCCS(=O)(=O)CCOC(c2ccc(Cl)cc2)c2ccc(Cl)cc2)cc1)C(F)(F)F. The van der Waals surface area contributed by atoms with Crippen molar-refractivity contribution in [3.63, 3.8) is 0 Å². The van der Waals surface area contributed by atoms with Crippen LogP contribution in [0, 0.1) is 0 Å². The lowest BCUT2D eigenvalue weighted by Crippen LogP contribution is -2.22. The summed E-state index contributed by atoms with van der Waals surface area (Å²) in [7, 11) is -3.50. The Balaban J connectivity index is 1.48. The minimum absolute atomic E-state index is 0.0520. The zero-order chi connectivity index (χ0) is 27.8. The summed E-state index contributed by atoms with van der Waals surface area (Å²) >= 11 is 12.0. The van der Waals surface area contributed by atoms with Gasteiger partial charge in [-0.15, -0.1) is 0 Å². The highest BCUT2D eigenvalue weighted by Crippen LogP contribution is 2.28. The van der Waals surface area contributed by atoms with E-state index in [0.717, 1.165) is 11.1 Å². The molecular weight excluding hydrogens is 564 g/mol. The molecule has 0 aromatic heterocycles. The summed E-state index contributed by atoms with van der Waals surface area (Å²) in [5.74, 6) is -1.88. The number of hydrogen-bond acceptors (Lipinski definition) is 5. The zero-order valence-electron chi connectivity index (χ0n) is 20.1. The summed E-state index contributed by atoms with van der Waals surface area (Å²) < 4.78 is 73.4. The van der Waals surface area contributed by atoms with Crippen LogP contribution in [0.2, 0.25) is 10.0 Å². The van der Waals surface area contributed by atoms with Gasteiger partial charge in [0.2, 0.25) is 5.78 Å². The van der Waals surface area contributed by atoms with Crippen molar-refractivity contribution < 1.29 is 35.9 Å². The van der Waals surface area contributed by atoms with Crippen LogP contribution in [0.5, 0.6) is 5.75 Å². The maximum absolute atomic E-state index is 12.5. The number of ether oxygens (including phenoxy) is 2. The van der Waals surface area contributed by atoms with Crippen LogP contribution in [0.3, 0.4) is 0 Å². The van der Waals surface area contributed by atoms with E-state index < -0.39 is 34.3 Å². The van der Waals surface area contributed by atoms with Gasteiger partial charge in [0.1, 0.15) is 18.5 Å². The van der Waals surface area contributed by atoms with Gasteiger partial charge in [-0.25, -0.2) is 8.42 Å². The molecule has 38 heavy (non-hydrogen) atoms. The second-order valence-corrected chi connectivity index (χ2v) is 11.6. The fourth-order valence-corrected chi connectivity index (χ4v) is 4.64. The van der Waals surface area contributed by atoms with Crippen molar-refractivity contribution in [2.75, 3.05) is 24.7 Å². The summed E-state index contributed by atoms with van der Waals surface area (Å²) in [5.41, 5.74) is 2.16. The van der Waals surface area contributed by atoms with Gasteiger partial charge in [-0.05, 0) is 59.5 Å². The molecule has 0 fully saturated rings. The molecule has 0 aliphatic heterocycles. The van der Waals surface area contributed by atoms with Crippen LogP contribution in [0.4, 0.5) is 13.2 Å². The first-order chi connectivity index (χ1) is 17.9. The lowest BCUT2D eigenvalue weighted by atomic mass is 10.0. The Morgan fingerprint density at radius 1 is 0.789 bits per heavy atom. The number of hydrogen-bond donors (Lipinski definition) is 0. The highest BCUT2D eigenvalue weighted by Gasteiger charge is 2.37. The van der Waals surface area contributed by atoms with Crippen LogP contribution in [-0.4, -0.2) is 45.1 Å². The maximum Gasteiger partial charge on any atom is 0.449 e. The number of carbonyl (C=O) groups excluding carboxylic acids is 1. The first kappa shape index (κ1) is 30.0. The number of halogens is 5. The number of benzene rings is 3. The molecule has 204 valence electrons. The van der Waals surface area contributed by atoms with Gasteiger partial charge in [-0.2, -0.15) is 13.2 Å². The van der Waals surface area contributed by atoms with E-state index in [9.17, 15) is 26.4 Å². The van der Waals surface area contributed by atoms with Crippen LogP contribution >= 0.6 is 23.2 Å².